The minimum Gasteiger partial charge on any atom is -0.356 e. The highest BCUT2D eigenvalue weighted by Gasteiger charge is 2.22. The van der Waals surface area contributed by atoms with Gasteiger partial charge in [-0.15, -0.1) is 24.8 Å². The quantitative estimate of drug-likeness (QED) is 0.803. The Bertz CT molecular complexity index is 465. The second-order valence-corrected chi connectivity index (χ2v) is 6.55. The molecule has 1 aromatic carbocycles. The van der Waals surface area contributed by atoms with Gasteiger partial charge in [-0.2, -0.15) is 0 Å². The Labute approximate surface area is 158 Å². The van der Waals surface area contributed by atoms with Crippen LogP contribution in [0.3, 0.4) is 0 Å². The van der Waals surface area contributed by atoms with Crippen molar-refractivity contribution in [1.82, 2.24) is 10.2 Å². The number of carbonyl (C=O) groups excluding carboxylic acids is 1. The van der Waals surface area contributed by atoms with Crippen LogP contribution < -0.4 is 11.1 Å². The smallest absolute Gasteiger partial charge is 0.224 e. The van der Waals surface area contributed by atoms with E-state index in [9.17, 15) is 4.79 Å². The molecule has 3 N–H and O–H groups in total. The van der Waals surface area contributed by atoms with Crippen molar-refractivity contribution in [2.45, 2.75) is 32.2 Å². The van der Waals surface area contributed by atoms with Crippen molar-refractivity contribution in [2.75, 3.05) is 26.7 Å². The van der Waals surface area contributed by atoms with Crippen molar-refractivity contribution in [3.05, 3.63) is 35.9 Å². The van der Waals surface area contributed by atoms with Crippen LogP contribution in [0, 0.1) is 11.8 Å². The molecule has 1 heterocycles. The number of nitrogens with zero attached hydrogens (tertiary/aromatic N) is 1. The molecule has 2 unspecified atom stereocenters. The summed E-state index contributed by atoms with van der Waals surface area (Å²) in [7, 11) is 2.17. The van der Waals surface area contributed by atoms with Gasteiger partial charge in [0.05, 0.1) is 5.92 Å². The third-order valence-corrected chi connectivity index (χ3v) is 4.83. The first-order valence-electron chi connectivity index (χ1n) is 8.34. The van der Waals surface area contributed by atoms with E-state index in [4.69, 9.17) is 5.73 Å². The molecule has 2 atom stereocenters. The molecule has 0 saturated carbocycles. The Balaban J connectivity index is 0.00000264. The summed E-state index contributed by atoms with van der Waals surface area (Å²) < 4.78 is 0. The summed E-state index contributed by atoms with van der Waals surface area (Å²) in [6.07, 6.45) is 3.56. The van der Waals surface area contributed by atoms with E-state index in [0.29, 0.717) is 0 Å². The van der Waals surface area contributed by atoms with Gasteiger partial charge < -0.3 is 16.0 Å². The Morgan fingerprint density at radius 3 is 2.42 bits per heavy atom. The third kappa shape index (κ3) is 6.98. The van der Waals surface area contributed by atoms with Gasteiger partial charge >= 0.3 is 0 Å². The van der Waals surface area contributed by atoms with Crippen LogP contribution in [-0.2, 0) is 4.79 Å². The minimum absolute atomic E-state index is 0. The number of benzene rings is 1. The lowest BCUT2D eigenvalue weighted by atomic mass is 9.93. The molecule has 138 valence electrons. The molecule has 1 saturated heterocycles. The standard InChI is InChI=1S/C18H29N3O.2ClH/c1-14(17(19)16-6-4-3-5-7-16)18(22)20-11-8-15-9-12-21(2)13-10-15;;/h3-7,14-15,17H,8-13,19H2,1-2H3,(H,20,22);2*1H. The molecule has 4 nitrogen and oxygen atoms in total. The van der Waals surface area contributed by atoms with Gasteiger partial charge in [-0.25, -0.2) is 0 Å². The van der Waals surface area contributed by atoms with Crippen LogP contribution in [0.2, 0.25) is 0 Å². The average molecular weight is 376 g/mol. The molecule has 24 heavy (non-hydrogen) atoms. The largest absolute Gasteiger partial charge is 0.356 e. The lowest BCUT2D eigenvalue weighted by molar-refractivity contribution is -0.125. The summed E-state index contributed by atoms with van der Waals surface area (Å²) >= 11 is 0. The number of carbonyl (C=O) groups is 1. The number of amides is 1. The molecule has 1 amide bonds. The van der Waals surface area contributed by atoms with Gasteiger partial charge in [-0.3, -0.25) is 4.79 Å². The molecule has 1 aliphatic rings. The van der Waals surface area contributed by atoms with Crippen molar-refractivity contribution in [1.29, 1.82) is 0 Å². The van der Waals surface area contributed by atoms with E-state index in [2.05, 4.69) is 17.3 Å². The molecule has 0 radical (unpaired) electrons. The van der Waals surface area contributed by atoms with Gasteiger partial charge in [0, 0.05) is 12.6 Å². The lowest BCUT2D eigenvalue weighted by Crippen LogP contribution is -2.37. The zero-order chi connectivity index (χ0) is 15.9. The predicted octanol–water partition coefficient (Wildman–Crippen LogP) is 3.01. The van der Waals surface area contributed by atoms with Crippen molar-refractivity contribution < 1.29 is 4.79 Å². The van der Waals surface area contributed by atoms with Crippen molar-refractivity contribution in [2.24, 2.45) is 17.6 Å². The molecular formula is C18H31Cl2N3O. The molecule has 0 aromatic heterocycles. The number of hydrogen-bond donors (Lipinski definition) is 2. The van der Waals surface area contributed by atoms with Gasteiger partial charge in [0.2, 0.25) is 5.91 Å². The van der Waals surface area contributed by atoms with Crippen LogP contribution in [0.4, 0.5) is 0 Å². The number of nitrogens with two attached hydrogens (primary N) is 1. The third-order valence-electron chi connectivity index (χ3n) is 4.83. The summed E-state index contributed by atoms with van der Waals surface area (Å²) in [6.45, 7) is 5.02. The number of rotatable bonds is 6. The summed E-state index contributed by atoms with van der Waals surface area (Å²) in [5, 5.41) is 3.06. The Morgan fingerprint density at radius 1 is 1.25 bits per heavy atom. The number of hydrogen-bond acceptors (Lipinski definition) is 3. The van der Waals surface area contributed by atoms with E-state index < -0.39 is 0 Å². The van der Waals surface area contributed by atoms with Crippen LogP contribution in [0.15, 0.2) is 30.3 Å². The van der Waals surface area contributed by atoms with Crippen LogP contribution in [0.1, 0.15) is 37.8 Å². The zero-order valence-corrected chi connectivity index (χ0v) is 16.2. The molecule has 1 fully saturated rings. The minimum atomic E-state index is -0.246. The van der Waals surface area contributed by atoms with Gasteiger partial charge in [0.1, 0.15) is 0 Å². The number of nitrogens with one attached hydrogen (secondary N) is 1. The highest BCUT2D eigenvalue weighted by atomic mass is 35.5. The van der Waals surface area contributed by atoms with Crippen LogP contribution in [0.5, 0.6) is 0 Å². The summed E-state index contributed by atoms with van der Waals surface area (Å²) in [5.41, 5.74) is 7.22. The van der Waals surface area contributed by atoms with E-state index in [1.165, 1.54) is 25.9 Å². The highest BCUT2D eigenvalue weighted by Crippen LogP contribution is 2.20. The van der Waals surface area contributed by atoms with Crippen LogP contribution in [0.25, 0.3) is 0 Å². The topological polar surface area (TPSA) is 58.4 Å². The number of piperidine rings is 1. The molecule has 0 aliphatic carbocycles. The Kier molecular flexibility index (Phi) is 11.3. The monoisotopic (exact) mass is 375 g/mol. The van der Waals surface area contributed by atoms with Gasteiger partial charge in [0.25, 0.3) is 0 Å². The van der Waals surface area contributed by atoms with E-state index in [1.807, 2.05) is 37.3 Å². The molecular weight excluding hydrogens is 345 g/mol. The number of halogens is 2. The first-order chi connectivity index (χ1) is 10.6. The van der Waals surface area contributed by atoms with Crippen molar-refractivity contribution in [3.63, 3.8) is 0 Å². The molecule has 0 bridgehead atoms. The van der Waals surface area contributed by atoms with Crippen LogP contribution in [-0.4, -0.2) is 37.5 Å². The first kappa shape index (κ1) is 23.2. The second kappa shape index (κ2) is 11.7. The predicted molar refractivity (Wildman–Crippen MR) is 105 cm³/mol. The molecule has 1 aromatic rings. The van der Waals surface area contributed by atoms with E-state index in [1.54, 1.807) is 0 Å². The maximum atomic E-state index is 12.3. The van der Waals surface area contributed by atoms with Crippen molar-refractivity contribution in [3.8, 4) is 0 Å². The van der Waals surface area contributed by atoms with Crippen LogP contribution >= 0.6 is 24.8 Å². The molecule has 1 aliphatic heterocycles. The normalized spacial score (nSPS) is 18.0. The maximum Gasteiger partial charge on any atom is 0.224 e. The van der Waals surface area contributed by atoms with E-state index in [-0.39, 0.29) is 42.7 Å². The SMILES string of the molecule is CC(C(=O)NCCC1CCN(C)CC1)C(N)c1ccccc1.Cl.Cl. The fourth-order valence-electron chi connectivity index (χ4n) is 3.04. The van der Waals surface area contributed by atoms with E-state index >= 15 is 0 Å². The number of likely N-dealkylation sites (tertiary alicyclic amines) is 1. The van der Waals surface area contributed by atoms with Gasteiger partial charge in [-0.05, 0) is 50.9 Å². The van der Waals surface area contributed by atoms with E-state index in [0.717, 1.165) is 24.4 Å². The summed E-state index contributed by atoms with van der Waals surface area (Å²) in [4.78, 5) is 14.6. The van der Waals surface area contributed by atoms with Crippen molar-refractivity contribution >= 4 is 30.7 Å². The fraction of sp³-hybridized carbons (Fsp3) is 0.611. The fourth-order valence-corrected chi connectivity index (χ4v) is 3.04. The van der Waals surface area contributed by atoms with Gasteiger partial charge in [-0.1, -0.05) is 37.3 Å². The summed E-state index contributed by atoms with van der Waals surface area (Å²) in [5.74, 6) is 0.596. The molecule has 2 rings (SSSR count). The Morgan fingerprint density at radius 2 is 1.83 bits per heavy atom. The van der Waals surface area contributed by atoms with Gasteiger partial charge in [0.15, 0.2) is 0 Å². The Hall–Kier alpha value is -0.810. The molecule has 0 spiro atoms. The second-order valence-electron chi connectivity index (χ2n) is 6.55. The zero-order valence-electron chi connectivity index (χ0n) is 14.6. The average Bonchev–Trinajstić information content (AvgIpc) is 2.56. The summed E-state index contributed by atoms with van der Waals surface area (Å²) in [6, 6.07) is 9.59. The lowest BCUT2D eigenvalue weighted by Gasteiger charge is -2.29. The first-order valence-corrected chi connectivity index (χ1v) is 8.34. The maximum absolute atomic E-state index is 12.3. The molecule has 6 heteroatoms. The highest BCUT2D eigenvalue weighted by molar-refractivity contribution is 5.85.